The minimum absolute atomic E-state index is 0. The molecule has 0 fully saturated rings. The second-order valence-corrected chi connectivity index (χ2v) is 5.66. The van der Waals surface area contributed by atoms with Crippen molar-refractivity contribution in [1.82, 2.24) is 0 Å². The molecule has 0 spiro atoms. The first-order valence-corrected chi connectivity index (χ1v) is 7.18. The summed E-state index contributed by atoms with van der Waals surface area (Å²) >= 11 is 3.41. The summed E-state index contributed by atoms with van der Waals surface area (Å²) in [5.41, 5.74) is 8.10. The molecular formula is C17H15BrClNO. The van der Waals surface area contributed by atoms with E-state index >= 15 is 0 Å². The summed E-state index contributed by atoms with van der Waals surface area (Å²) in [6.07, 6.45) is 0. The lowest BCUT2D eigenvalue weighted by Gasteiger charge is -2.17. The Bertz CT molecular complexity index is 758. The van der Waals surface area contributed by atoms with Crippen LogP contribution in [-0.4, -0.2) is 5.11 Å². The summed E-state index contributed by atoms with van der Waals surface area (Å²) in [7, 11) is 0. The Balaban J connectivity index is 0.00000161. The lowest BCUT2D eigenvalue weighted by Crippen LogP contribution is -2.12. The fourth-order valence-electron chi connectivity index (χ4n) is 2.45. The fraction of sp³-hybridized carbons (Fsp3) is 0.0588. The van der Waals surface area contributed by atoms with E-state index in [0.29, 0.717) is 0 Å². The summed E-state index contributed by atoms with van der Waals surface area (Å²) in [5, 5.41) is 12.3. The van der Waals surface area contributed by atoms with Gasteiger partial charge in [0.15, 0.2) is 0 Å². The average molecular weight is 365 g/mol. The van der Waals surface area contributed by atoms with E-state index in [0.717, 1.165) is 26.4 Å². The fourth-order valence-corrected chi connectivity index (χ4v) is 2.71. The van der Waals surface area contributed by atoms with E-state index < -0.39 is 0 Å². The number of phenolic OH excluding ortho intramolecular Hbond substituents is 1. The number of rotatable bonds is 2. The standard InChI is InChI=1S/C17H14BrNO.ClH/c18-13-8-5-12(6-9-13)17(19)16-14-4-2-1-3-11(14)7-10-15(16)20;/h1-10,17,20H,19H2;1H/t17-;/m0./s1. The zero-order valence-corrected chi connectivity index (χ0v) is 13.6. The molecule has 0 radical (unpaired) electrons. The number of nitrogens with two attached hydrogens (primary N) is 1. The second-order valence-electron chi connectivity index (χ2n) is 4.75. The highest BCUT2D eigenvalue weighted by atomic mass is 79.9. The first-order chi connectivity index (χ1) is 9.66. The Kier molecular flexibility index (Phi) is 4.88. The first-order valence-electron chi connectivity index (χ1n) is 6.38. The highest BCUT2D eigenvalue weighted by molar-refractivity contribution is 9.10. The van der Waals surface area contributed by atoms with Crippen LogP contribution in [0.2, 0.25) is 0 Å². The van der Waals surface area contributed by atoms with Crippen molar-refractivity contribution in [3.63, 3.8) is 0 Å². The molecule has 0 amide bonds. The second kappa shape index (κ2) is 6.48. The number of hydrogen-bond acceptors (Lipinski definition) is 2. The number of aromatic hydroxyl groups is 1. The van der Waals surface area contributed by atoms with Crippen molar-refractivity contribution in [2.75, 3.05) is 0 Å². The van der Waals surface area contributed by atoms with Gasteiger partial charge in [-0.2, -0.15) is 0 Å². The van der Waals surface area contributed by atoms with Crippen LogP contribution < -0.4 is 5.73 Å². The number of halogens is 2. The number of hydrogen-bond donors (Lipinski definition) is 2. The lowest BCUT2D eigenvalue weighted by atomic mass is 9.93. The van der Waals surface area contributed by atoms with Crippen LogP contribution in [0.25, 0.3) is 10.8 Å². The Labute approximate surface area is 138 Å². The Morgan fingerprint density at radius 2 is 1.57 bits per heavy atom. The van der Waals surface area contributed by atoms with Gasteiger partial charge >= 0.3 is 0 Å². The summed E-state index contributed by atoms with van der Waals surface area (Å²) in [4.78, 5) is 0. The van der Waals surface area contributed by atoms with Gasteiger partial charge in [-0.1, -0.05) is 58.4 Å². The Morgan fingerprint density at radius 3 is 2.29 bits per heavy atom. The van der Waals surface area contributed by atoms with Gasteiger partial charge < -0.3 is 10.8 Å². The third-order valence-electron chi connectivity index (χ3n) is 3.49. The highest BCUT2D eigenvalue weighted by Crippen LogP contribution is 2.34. The van der Waals surface area contributed by atoms with Crippen LogP contribution in [0.5, 0.6) is 5.75 Å². The molecule has 3 aromatic carbocycles. The molecular weight excluding hydrogens is 350 g/mol. The van der Waals surface area contributed by atoms with E-state index in [-0.39, 0.29) is 24.2 Å². The van der Waals surface area contributed by atoms with Gasteiger partial charge in [0.25, 0.3) is 0 Å². The molecule has 108 valence electrons. The Morgan fingerprint density at radius 1 is 0.905 bits per heavy atom. The van der Waals surface area contributed by atoms with Gasteiger partial charge in [0, 0.05) is 10.0 Å². The van der Waals surface area contributed by atoms with Gasteiger partial charge in [0.2, 0.25) is 0 Å². The van der Waals surface area contributed by atoms with Crippen LogP contribution in [0.15, 0.2) is 65.1 Å². The molecule has 0 saturated heterocycles. The molecule has 21 heavy (non-hydrogen) atoms. The topological polar surface area (TPSA) is 46.2 Å². The molecule has 1 atom stereocenters. The Hall–Kier alpha value is -1.55. The van der Waals surface area contributed by atoms with E-state index in [2.05, 4.69) is 15.9 Å². The maximum Gasteiger partial charge on any atom is 0.121 e. The molecule has 4 heteroatoms. The maximum absolute atomic E-state index is 10.2. The van der Waals surface area contributed by atoms with Crippen molar-refractivity contribution in [3.05, 3.63) is 76.3 Å². The van der Waals surface area contributed by atoms with Gasteiger partial charge in [-0.05, 0) is 34.5 Å². The van der Waals surface area contributed by atoms with Gasteiger partial charge in [0.1, 0.15) is 5.75 Å². The zero-order chi connectivity index (χ0) is 14.1. The van der Waals surface area contributed by atoms with Crippen LogP contribution >= 0.6 is 28.3 Å². The van der Waals surface area contributed by atoms with E-state index in [4.69, 9.17) is 5.73 Å². The van der Waals surface area contributed by atoms with Crippen LogP contribution in [-0.2, 0) is 0 Å². The summed E-state index contributed by atoms with van der Waals surface area (Å²) in [6, 6.07) is 19.1. The van der Waals surface area contributed by atoms with Crippen molar-refractivity contribution in [3.8, 4) is 5.75 Å². The number of phenols is 1. The molecule has 0 bridgehead atoms. The molecule has 2 nitrogen and oxygen atoms in total. The number of benzene rings is 3. The van der Waals surface area contributed by atoms with Gasteiger partial charge in [-0.15, -0.1) is 12.4 Å². The molecule has 0 unspecified atom stereocenters. The predicted molar refractivity (Wildman–Crippen MR) is 93.0 cm³/mol. The van der Waals surface area contributed by atoms with Crippen molar-refractivity contribution in [1.29, 1.82) is 0 Å². The molecule has 0 aliphatic rings. The molecule has 0 aliphatic heterocycles. The number of fused-ring (bicyclic) bond motifs is 1. The van der Waals surface area contributed by atoms with Crippen LogP contribution in [0, 0.1) is 0 Å². The minimum Gasteiger partial charge on any atom is -0.508 e. The summed E-state index contributed by atoms with van der Waals surface area (Å²) in [5.74, 6) is 0.235. The van der Waals surface area contributed by atoms with Gasteiger partial charge in [-0.3, -0.25) is 0 Å². The average Bonchev–Trinajstić information content (AvgIpc) is 2.47. The molecule has 3 rings (SSSR count). The van der Waals surface area contributed by atoms with Crippen molar-refractivity contribution >= 4 is 39.1 Å². The zero-order valence-electron chi connectivity index (χ0n) is 11.2. The molecule has 0 saturated carbocycles. The molecule has 0 aliphatic carbocycles. The van der Waals surface area contributed by atoms with E-state index in [9.17, 15) is 5.11 Å². The van der Waals surface area contributed by atoms with Crippen LogP contribution in [0.4, 0.5) is 0 Å². The highest BCUT2D eigenvalue weighted by Gasteiger charge is 2.16. The van der Waals surface area contributed by atoms with Crippen molar-refractivity contribution < 1.29 is 5.11 Å². The maximum atomic E-state index is 10.2. The van der Waals surface area contributed by atoms with Crippen molar-refractivity contribution in [2.45, 2.75) is 6.04 Å². The largest absolute Gasteiger partial charge is 0.508 e. The smallest absolute Gasteiger partial charge is 0.121 e. The monoisotopic (exact) mass is 363 g/mol. The van der Waals surface area contributed by atoms with Crippen LogP contribution in [0.3, 0.4) is 0 Å². The first kappa shape index (κ1) is 15.8. The van der Waals surface area contributed by atoms with Gasteiger partial charge in [-0.25, -0.2) is 0 Å². The SMILES string of the molecule is Cl.N[C@@H](c1ccc(Br)cc1)c1c(O)ccc2ccccc12. The predicted octanol–water partition coefficient (Wildman–Crippen LogP) is 4.78. The van der Waals surface area contributed by atoms with Crippen LogP contribution in [0.1, 0.15) is 17.2 Å². The van der Waals surface area contributed by atoms with Gasteiger partial charge in [0.05, 0.1) is 6.04 Å². The summed E-state index contributed by atoms with van der Waals surface area (Å²) < 4.78 is 1.01. The minimum atomic E-state index is -0.353. The van der Waals surface area contributed by atoms with E-state index in [1.54, 1.807) is 6.07 Å². The van der Waals surface area contributed by atoms with E-state index in [1.165, 1.54) is 0 Å². The van der Waals surface area contributed by atoms with E-state index in [1.807, 2.05) is 54.6 Å². The third-order valence-corrected chi connectivity index (χ3v) is 4.02. The normalized spacial score (nSPS) is 11.9. The third kappa shape index (κ3) is 3.05. The quantitative estimate of drug-likeness (QED) is 0.687. The molecule has 3 aromatic rings. The van der Waals surface area contributed by atoms with Crippen molar-refractivity contribution in [2.24, 2.45) is 5.73 Å². The molecule has 0 aromatic heterocycles. The molecule has 0 heterocycles. The summed E-state index contributed by atoms with van der Waals surface area (Å²) in [6.45, 7) is 0. The lowest BCUT2D eigenvalue weighted by molar-refractivity contribution is 0.466. The molecule has 3 N–H and O–H groups in total.